The summed E-state index contributed by atoms with van der Waals surface area (Å²) in [5.41, 5.74) is 4.03. The summed E-state index contributed by atoms with van der Waals surface area (Å²) in [6, 6.07) is 6.82. The molecule has 1 aromatic heterocycles. The SMILES string of the molecule is CC.CCCC=NC.CCN=CNC1CCCc2c1[nH]c1ccc(Br)cc21. The van der Waals surface area contributed by atoms with Crippen molar-refractivity contribution in [2.45, 2.75) is 65.8 Å². The van der Waals surface area contributed by atoms with Gasteiger partial charge in [0.1, 0.15) is 0 Å². The number of rotatable bonds is 5. The lowest BCUT2D eigenvalue weighted by Gasteiger charge is -2.22. The van der Waals surface area contributed by atoms with Crippen molar-refractivity contribution >= 4 is 39.4 Å². The molecule has 1 aliphatic rings. The highest BCUT2D eigenvalue weighted by atomic mass is 79.9. The van der Waals surface area contributed by atoms with E-state index >= 15 is 0 Å². The number of benzene rings is 1. The van der Waals surface area contributed by atoms with Gasteiger partial charge in [-0.3, -0.25) is 4.99 Å². The van der Waals surface area contributed by atoms with Crippen molar-refractivity contribution in [1.82, 2.24) is 10.3 Å². The van der Waals surface area contributed by atoms with E-state index in [-0.39, 0.29) is 0 Å². The Morgan fingerprint density at radius 2 is 2.07 bits per heavy atom. The van der Waals surface area contributed by atoms with Crippen LogP contribution in [0.4, 0.5) is 0 Å². The van der Waals surface area contributed by atoms with E-state index in [2.05, 4.69) is 61.3 Å². The molecule has 2 aromatic rings. The first-order valence-electron chi connectivity index (χ1n) is 10.2. The molecule has 150 valence electrons. The van der Waals surface area contributed by atoms with E-state index in [9.17, 15) is 0 Å². The number of H-pyrrole nitrogens is 1. The number of nitrogens with zero attached hydrogens (tertiary/aromatic N) is 2. The molecule has 0 saturated heterocycles. The van der Waals surface area contributed by atoms with Crippen LogP contribution in [0, 0.1) is 0 Å². The third-order valence-electron chi connectivity index (χ3n) is 4.32. The number of aromatic amines is 1. The van der Waals surface area contributed by atoms with Gasteiger partial charge in [0.2, 0.25) is 0 Å². The monoisotopic (exact) mass is 434 g/mol. The topological polar surface area (TPSA) is 52.5 Å². The molecule has 27 heavy (non-hydrogen) atoms. The average molecular weight is 435 g/mol. The first kappa shape index (κ1) is 23.4. The van der Waals surface area contributed by atoms with Crippen molar-refractivity contribution in [3.8, 4) is 0 Å². The van der Waals surface area contributed by atoms with E-state index in [1.165, 1.54) is 35.0 Å². The van der Waals surface area contributed by atoms with Gasteiger partial charge in [-0.2, -0.15) is 0 Å². The lowest BCUT2D eigenvalue weighted by molar-refractivity contribution is 0.523. The zero-order chi connectivity index (χ0) is 20.1. The van der Waals surface area contributed by atoms with Crippen LogP contribution in [0.2, 0.25) is 0 Å². The largest absolute Gasteiger partial charge is 0.368 e. The van der Waals surface area contributed by atoms with E-state index in [4.69, 9.17) is 0 Å². The predicted octanol–water partition coefficient (Wildman–Crippen LogP) is 6.46. The van der Waals surface area contributed by atoms with Gasteiger partial charge in [0.25, 0.3) is 0 Å². The first-order chi connectivity index (χ1) is 13.2. The Morgan fingerprint density at radius 1 is 1.30 bits per heavy atom. The molecule has 3 rings (SSSR count). The molecule has 0 amide bonds. The summed E-state index contributed by atoms with van der Waals surface area (Å²) in [4.78, 5) is 11.6. The lowest BCUT2D eigenvalue weighted by atomic mass is 9.92. The number of hydrogen-bond donors (Lipinski definition) is 2. The molecule has 0 bridgehead atoms. The fraction of sp³-hybridized carbons (Fsp3) is 0.545. The van der Waals surface area contributed by atoms with Crippen LogP contribution in [0.3, 0.4) is 0 Å². The number of aliphatic imine (C=N–C) groups is 2. The number of aryl methyl sites for hydroxylation is 1. The van der Waals surface area contributed by atoms with Crippen LogP contribution in [-0.4, -0.2) is 31.1 Å². The van der Waals surface area contributed by atoms with E-state index in [0.717, 1.165) is 30.3 Å². The molecule has 1 aliphatic carbocycles. The molecule has 0 saturated carbocycles. The van der Waals surface area contributed by atoms with E-state index in [0.29, 0.717) is 6.04 Å². The van der Waals surface area contributed by atoms with Crippen molar-refractivity contribution in [2.75, 3.05) is 13.6 Å². The third-order valence-corrected chi connectivity index (χ3v) is 4.81. The molecule has 0 fully saturated rings. The Balaban J connectivity index is 0.000000392. The summed E-state index contributed by atoms with van der Waals surface area (Å²) in [5.74, 6) is 0. The number of hydrogen-bond acceptors (Lipinski definition) is 2. The van der Waals surface area contributed by atoms with E-state index in [1.54, 1.807) is 7.05 Å². The molecular formula is C22H35BrN4. The normalized spacial score (nSPS) is 15.9. The van der Waals surface area contributed by atoms with E-state index in [1.807, 2.05) is 33.3 Å². The highest BCUT2D eigenvalue weighted by Crippen LogP contribution is 2.35. The first-order valence-corrected chi connectivity index (χ1v) is 11.0. The summed E-state index contributed by atoms with van der Waals surface area (Å²) < 4.78 is 1.14. The van der Waals surface area contributed by atoms with Crippen molar-refractivity contribution in [3.63, 3.8) is 0 Å². The fourth-order valence-electron chi connectivity index (χ4n) is 3.09. The minimum atomic E-state index is 0.366. The second kappa shape index (κ2) is 13.5. The number of aromatic nitrogens is 1. The summed E-state index contributed by atoms with van der Waals surface area (Å²) in [7, 11) is 1.80. The predicted molar refractivity (Wildman–Crippen MR) is 125 cm³/mol. The Kier molecular flexibility index (Phi) is 11.7. The zero-order valence-electron chi connectivity index (χ0n) is 17.5. The van der Waals surface area contributed by atoms with Crippen molar-refractivity contribution in [1.29, 1.82) is 0 Å². The van der Waals surface area contributed by atoms with Crippen molar-refractivity contribution in [2.24, 2.45) is 9.98 Å². The quantitative estimate of drug-likeness (QED) is 0.411. The van der Waals surface area contributed by atoms with E-state index < -0.39 is 0 Å². The minimum absolute atomic E-state index is 0.366. The van der Waals surface area contributed by atoms with Crippen LogP contribution in [0.25, 0.3) is 10.9 Å². The highest BCUT2D eigenvalue weighted by molar-refractivity contribution is 9.10. The van der Waals surface area contributed by atoms with Gasteiger partial charge in [-0.25, -0.2) is 0 Å². The summed E-state index contributed by atoms with van der Waals surface area (Å²) in [6.07, 6.45) is 9.66. The molecular weight excluding hydrogens is 400 g/mol. The van der Waals surface area contributed by atoms with Gasteiger partial charge < -0.3 is 15.3 Å². The number of unbranched alkanes of at least 4 members (excludes halogenated alkanes) is 1. The van der Waals surface area contributed by atoms with Gasteiger partial charge in [0.05, 0.1) is 12.4 Å². The number of halogens is 1. The molecule has 1 heterocycles. The van der Waals surface area contributed by atoms with Gasteiger partial charge in [-0.05, 0) is 62.6 Å². The van der Waals surface area contributed by atoms with Gasteiger partial charge in [-0.15, -0.1) is 0 Å². The van der Waals surface area contributed by atoms with Crippen LogP contribution < -0.4 is 5.32 Å². The van der Waals surface area contributed by atoms with Gasteiger partial charge in [0, 0.05) is 34.7 Å². The zero-order valence-corrected chi connectivity index (χ0v) is 19.1. The second-order valence-corrected chi connectivity index (χ2v) is 7.09. The van der Waals surface area contributed by atoms with Crippen LogP contribution in [0.15, 0.2) is 32.7 Å². The van der Waals surface area contributed by atoms with Gasteiger partial charge >= 0.3 is 0 Å². The second-order valence-electron chi connectivity index (χ2n) is 6.18. The maximum atomic E-state index is 4.25. The Hall–Kier alpha value is -1.62. The summed E-state index contributed by atoms with van der Waals surface area (Å²) >= 11 is 3.56. The Morgan fingerprint density at radius 3 is 2.70 bits per heavy atom. The third kappa shape index (κ3) is 7.13. The molecule has 0 spiro atoms. The van der Waals surface area contributed by atoms with Crippen molar-refractivity contribution in [3.05, 3.63) is 33.9 Å². The van der Waals surface area contributed by atoms with Crippen LogP contribution in [0.5, 0.6) is 0 Å². The Labute approximate surface area is 173 Å². The standard InChI is InChI=1S/C15H18BrN3.C5H11N.C2H6/c1-2-17-9-18-14-5-3-4-11-12-8-10(16)6-7-13(12)19-15(11)14;1-3-4-5-6-2;1-2/h6-9,14,19H,2-5H2,1H3,(H,17,18);5H,3-4H2,1-2H3;1-2H3. The maximum absolute atomic E-state index is 4.25. The number of fused-ring (bicyclic) bond motifs is 3. The van der Waals surface area contributed by atoms with Gasteiger partial charge in [0.15, 0.2) is 0 Å². The molecule has 0 aliphatic heterocycles. The molecule has 1 unspecified atom stereocenters. The fourth-order valence-corrected chi connectivity index (χ4v) is 3.45. The van der Waals surface area contributed by atoms with Crippen LogP contribution in [-0.2, 0) is 6.42 Å². The highest BCUT2D eigenvalue weighted by Gasteiger charge is 2.23. The van der Waals surface area contributed by atoms with Gasteiger partial charge in [-0.1, -0.05) is 43.1 Å². The molecule has 2 N–H and O–H groups in total. The maximum Gasteiger partial charge on any atom is 0.0828 e. The van der Waals surface area contributed by atoms with Crippen LogP contribution in [0.1, 0.15) is 70.7 Å². The summed E-state index contributed by atoms with van der Waals surface area (Å²) in [5, 5.41) is 4.77. The molecule has 5 heteroatoms. The average Bonchev–Trinajstić information content (AvgIpc) is 3.07. The molecule has 1 aromatic carbocycles. The lowest BCUT2D eigenvalue weighted by Crippen LogP contribution is -2.24. The number of nitrogens with one attached hydrogen (secondary N) is 2. The molecule has 4 nitrogen and oxygen atoms in total. The van der Waals surface area contributed by atoms with Crippen molar-refractivity contribution < 1.29 is 0 Å². The van der Waals surface area contributed by atoms with Crippen LogP contribution >= 0.6 is 15.9 Å². The molecule has 1 atom stereocenters. The Bertz CT molecular complexity index is 718. The smallest absolute Gasteiger partial charge is 0.0828 e. The summed E-state index contributed by atoms with van der Waals surface area (Å²) in [6.45, 7) is 9.01. The molecule has 0 radical (unpaired) electrons. The minimum Gasteiger partial charge on any atom is -0.368 e.